The number of ether oxygens (including phenoxy) is 1. The fraction of sp³-hybridized carbons (Fsp3) is 0.600. The van der Waals surface area contributed by atoms with Gasteiger partial charge in [-0.05, 0) is 72.7 Å². The third-order valence-electron chi connectivity index (χ3n) is 6.11. The van der Waals surface area contributed by atoms with Gasteiger partial charge >= 0.3 is 6.09 Å². The minimum Gasteiger partial charge on any atom is -0.444 e. The van der Waals surface area contributed by atoms with Gasteiger partial charge in [-0.3, -0.25) is 0 Å². The first kappa shape index (κ1) is 25.5. The minimum absolute atomic E-state index is 0.0915. The first-order valence-corrected chi connectivity index (χ1v) is 12.0. The molecule has 1 aliphatic heterocycles. The van der Waals surface area contributed by atoms with Gasteiger partial charge in [0, 0.05) is 49.9 Å². The minimum atomic E-state index is -0.502. The van der Waals surface area contributed by atoms with Crippen LogP contribution in [0, 0.1) is 5.82 Å². The van der Waals surface area contributed by atoms with Crippen LogP contribution in [0.4, 0.5) is 9.18 Å². The Kier molecular flexibility index (Phi) is 8.06. The first-order valence-electron chi connectivity index (χ1n) is 11.6. The Labute approximate surface area is 201 Å². The Morgan fingerprint density at radius 3 is 2.55 bits per heavy atom. The van der Waals surface area contributed by atoms with Crippen molar-refractivity contribution in [3.05, 3.63) is 41.1 Å². The topological polar surface area (TPSA) is 50.6 Å². The lowest BCUT2D eigenvalue weighted by Gasteiger charge is -2.33. The molecule has 8 heteroatoms. The number of benzene rings is 1. The van der Waals surface area contributed by atoms with Crippen LogP contribution in [0.3, 0.4) is 0 Å². The Morgan fingerprint density at radius 1 is 1.30 bits per heavy atom. The van der Waals surface area contributed by atoms with Crippen LogP contribution in [-0.2, 0) is 11.3 Å². The summed E-state index contributed by atoms with van der Waals surface area (Å²) in [4.78, 5) is 21.5. The Bertz CT molecular complexity index is 962. The SMILES string of the molecule is CC(C)N(C)CCn1cc(-c2ccc(F)c(Cl)c2)nc1C1CCN(C(=O)OC(C)(C)C)CC1. The van der Waals surface area contributed by atoms with Gasteiger partial charge in [-0.15, -0.1) is 0 Å². The molecule has 2 heterocycles. The largest absolute Gasteiger partial charge is 0.444 e. The molecule has 1 aromatic carbocycles. The maximum absolute atomic E-state index is 13.7. The van der Waals surface area contributed by atoms with Crippen molar-refractivity contribution in [2.45, 2.75) is 71.6 Å². The average molecular weight is 479 g/mol. The standard InChI is InChI=1S/C25H36ClFN4O2/c1-17(2)29(6)13-14-31-16-22(19-7-8-21(27)20(26)15-19)28-23(31)18-9-11-30(12-10-18)24(32)33-25(3,4)5/h7-8,15-18H,9-14H2,1-6H3. The molecule has 6 nitrogen and oxygen atoms in total. The second kappa shape index (κ2) is 10.4. The van der Waals surface area contributed by atoms with Crippen molar-refractivity contribution < 1.29 is 13.9 Å². The average Bonchev–Trinajstić information content (AvgIpc) is 3.17. The molecule has 3 rings (SSSR count). The molecule has 0 radical (unpaired) electrons. The maximum Gasteiger partial charge on any atom is 0.410 e. The number of amides is 1. The molecule has 182 valence electrons. The monoisotopic (exact) mass is 478 g/mol. The zero-order valence-corrected chi connectivity index (χ0v) is 21.3. The van der Waals surface area contributed by atoms with E-state index >= 15 is 0 Å². The number of likely N-dealkylation sites (N-methyl/N-ethyl adjacent to an activating group) is 1. The molecule has 0 N–H and O–H groups in total. The van der Waals surface area contributed by atoms with Gasteiger partial charge in [0.05, 0.1) is 10.7 Å². The van der Waals surface area contributed by atoms with Crippen molar-refractivity contribution in [2.75, 3.05) is 26.7 Å². The van der Waals surface area contributed by atoms with Crippen LogP contribution >= 0.6 is 11.6 Å². The highest BCUT2D eigenvalue weighted by Gasteiger charge is 2.30. The predicted octanol–water partition coefficient (Wildman–Crippen LogP) is 5.80. The van der Waals surface area contributed by atoms with Crippen LogP contribution in [-0.4, -0.2) is 63.8 Å². The number of likely N-dealkylation sites (tertiary alicyclic amines) is 1. The molecule has 0 spiro atoms. The zero-order valence-electron chi connectivity index (χ0n) is 20.6. The number of carbonyl (C=O) groups is 1. The van der Waals surface area contributed by atoms with E-state index in [4.69, 9.17) is 21.3 Å². The van der Waals surface area contributed by atoms with E-state index in [1.807, 2.05) is 27.0 Å². The number of piperidine rings is 1. The van der Waals surface area contributed by atoms with Gasteiger partial charge < -0.3 is 19.1 Å². The van der Waals surface area contributed by atoms with Gasteiger partial charge in [0.15, 0.2) is 0 Å². The number of halogens is 2. The normalized spacial score (nSPS) is 15.5. The van der Waals surface area contributed by atoms with E-state index < -0.39 is 11.4 Å². The number of hydrogen-bond donors (Lipinski definition) is 0. The lowest BCUT2D eigenvalue weighted by molar-refractivity contribution is 0.0202. The second-order valence-electron chi connectivity index (χ2n) is 10.1. The molecule has 1 aliphatic rings. The van der Waals surface area contributed by atoms with E-state index in [1.165, 1.54) is 6.07 Å². The number of hydrogen-bond acceptors (Lipinski definition) is 4. The van der Waals surface area contributed by atoms with Gasteiger partial charge in [0.1, 0.15) is 17.2 Å². The summed E-state index contributed by atoms with van der Waals surface area (Å²) in [6, 6.07) is 5.16. The maximum atomic E-state index is 13.7. The summed E-state index contributed by atoms with van der Waals surface area (Å²) in [7, 11) is 2.11. The van der Waals surface area contributed by atoms with Crippen LogP contribution in [0.2, 0.25) is 5.02 Å². The lowest BCUT2D eigenvalue weighted by Crippen LogP contribution is -2.41. The van der Waals surface area contributed by atoms with E-state index in [-0.39, 0.29) is 17.0 Å². The van der Waals surface area contributed by atoms with Crippen LogP contribution in [0.15, 0.2) is 24.4 Å². The summed E-state index contributed by atoms with van der Waals surface area (Å²) in [5.41, 5.74) is 1.08. The molecule has 1 aromatic heterocycles. The summed E-state index contributed by atoms with van der Waals surface area (Å²) in [5, 5.41) is 0.0915. The molecule has 0 bridgehead atoms. The van der Waals surface area contributed by atoms with E-state index in [1.54, 1.807) is 17.0 Å². The summed E-state index contributed by atoms with van der Waals surface area (Å²) in [6.07, 6.45) is 3.41. The summed E-state index contributed by atoms with van der Waals surface area (Å²) in [6.45, 7) is 13.0. The molecular weight excluding hydrogens is 443 g/mol. The number of rotatable bonds is 6. The fourth-order valence-corrected chi connectivity index (χ4v) is 4.08. The van der Waals surface area contributed by atoms with E-state index in [9.17, 15) is 9.18 Å². The summed E-state index contributed by atoms with van der Waals surface area (Å²) >= 11 is 6.02. The number of nitrogens with zero attached hydrogens (tertiary/aromatic N) is 4. The summed E-state index contributed by atoms with van der Waals surface area (Å²) < 4.78 is 21.4. The third kappa shape index (κ3) is 6.70. The van der Waals surface area contributed by atoms with E-state index in [0.29, 0.717) is 19.1 Å². The van der Waals surface area contributed by atoms with E-state index in [2.05, 4.69) is 30.4 Å². The van der Waals surface area contributed by atoms with Gasteiger partial charge in [-0.1, -0.05) is 11.6 Å². The van der Waals surface area contributed by atoms with Crippen molar-refractivity contribution in [3.8, 4) is 11.3 Å². The fourth-order valence-electron chi connectivity index (χ4n) is 3.90. The molecule has 0 saturated carbocycles. The highest BCUT2D eigenvalue weighted by Crippen LogP contribution is 2.32. The second-order valence-corrected chi connectivity index (χ2v) is 10.5. The van der Waals surface area contributed by atoms with Crippen molar-refractivity contribution in [1.29, 1.82) is 0 Å². The van der Waals surface area contributed by atoms with Crippen LogP contribution in [0.1, 0.15) is 59.2 Å². The first-order chi connectivity index (χ1) is 15.4. The molecule has 1 amide bonds. The smallest absolute Gasteiger partial charge is 0.410 e. The van der Waals surface area contributed by atoms with Gasteiger partial charge in [0.25, 0.3) is 0 Å². The molecule has 2 aromatic rings. The number of carbonyl (C=O) groups excluding carboxylic acids is 1. The molecule has 33 heavy (non-hydrogen) atoms. The highest BCUT2D eigenvalue weighted by molar-refractivity contribution is 6.31. The number of imidazole rings is 1. The van der Waals surface area contributed by atoms with Crippen LogP contribution in [0.25, 0.3) is 11.3 Å². The Morgan fingerprint density at radius 2 is 1.97 bits per heavy atom. The van der Waals surface area contributed by atoms with Crippen molar-refractivity contribution in [1.82, 2.24) is 19.4 Å². The van der Waals surface area contributed by atoms with Crippen LogP contribution in [0.5, 0.6) is 0 Å². The summed E-state index contributed by atoms with van der Waals surface area (Å²) in [5.74, 6) is 0.803. The number of aromatic nitrogens is 2. The van der Waals surface area contributed by atoms with Gasteiger partial charge in [0.2, 0.25) is 0 Å². The quantitative estimate of drug-likeness (QED) is 0.526. The molecular formula is C25H36ClFN4O2. The van der Waals surface area contributed by atoms with Gasteiger partial charge in [-0.25, -0.2) is 14.2 Å². The molecule has 0 aliphatic carbocycles. The lowest BCUT2D eigenvalue weighted by atomic mass is 9.96. The van der Waals surface area contributed by atoms with Crippen molar-refractivity contribution in [2.24, 2.45) is 0 Å². The van der Waals surface area contributed by atoms with Gasteiger partial charge in [-0.2, -0.15) is 0 Å². The van der Waals surface area contributed by atoms with E-state index in [0.717, 1.165) is 43.0 Å². The molecule has 1 saturated heterocycles. The highest BCUT2D eigenvalue weighted by atomic mass is 35.5. The zero-order chi connectivity index (χ0) is 24.3. The van der Waals surface area contributed by atoms with Crippen molar-refractivity contribution in [3.63, 3.8) is 0 Å². The molecule has 1 fully saturated rings. The Hall–Kier alpha value is -2.12. The van der Waals surface area contributed by atoms with Crippen molar-refractivity contribution >= 4 is 17.7 Å². The predicted molar refractivity (Wildman–Crippen MR) is 130 cm³/mol. The molecule has 0 atom stereocenters. The van der Waals surface area contributed by atoms with Crippen LogP contribution < -0.4 is 0 Å². The Balaban J connectivity index is 1.80. The third-order valence-corrected chi connectivity index (χ3v) is 6.40. The molecule has 0 unspecified atom stereocenters.